The van der Waals surface area contributed by atoms with Crippen LogP contribution < -0.4 is 4.90 Å². The van der Waals surface area contributed by atoms with Crippen molar-refractivity contribution < 1.29 is 0 Å². The van der Waals surface area contributed by atoms with Crippen molar-refractivity contribution in [1.29, 1.82) is 0 Å². The van der Waals surface area contributed by atoms with Crippen LogP contribution in [-0.2, 0) is 0 Å². The molecule has 0 bridgehead atoms. The highest BCUT2D eigenvalue weighted by Gasteiger charge is 2.31. The molecule has 7 nitrogen and oxygen atoms in total. The van der Waals surface area contributed by atoms with E-state index in [0.717, 1.165) is 41.8 Å². The van der Waals surface area contributed by atoms with Crippen molar-refractivity contribution in [1.82, 2.24) is 29.5 Å². The topological polar surface area (TPSA) is 65.4 Å². The lowest BCUT2D eigenvalue weighted by molar-refractivity contribution is 0.220. The number of nitrogens with one attached hydrogen (secondary N) is 1. The normalized spacial score (nSPS) is 20.1. The molecule has 1 N–H and O–H groups in total. The predicted molar refractivity (Wildman–Crippen MR) is 135 cm³/mol. The number of rotatable bonds is 5. The SMILES string of the molecule is Cc1c(-c2[nH]c3sc(N4CCN(CC5CC5)C[C@H]4C)nc3c2C(C)C)cn2ncnc2c1C. The van der Waals surface area contributed by atoms with Crippen LogP contribution >= 0.6 is 11.3 Å². The van der Waals surface area contributed by atoms with E-state index in [1.54, 1.807) is 17.7 Å². The van der Waals surface area contributed by atoms with Crippen LogP contribution in [0.25, 0.3) is 27.3 Å². The van der Waals surface area contributed by atoms with Crippen LogP contribution in [0.15, 0.2) is 12.5 Å². The average Bonchev–Trinajstić information content (AvgIpc) is 3.17. The largest absolute Gasteiger partial charge is 0.344 e. The Bertz CT molecular complexity index is 1330. The summed E-state index contributed by atoms with van der Waals surface area (Å²) in [5.74, 6) is 1.32. The molecule has 4 aromatic rings. The molecule has 1 atom stereocenters. The lowest BCUT2D eigenvalue weighted by Crippen LogP contribution is -2.52. The molecule has 0 amide bonds. The summed E-state index contributed by atoms with van der Waals surface area (Å²) in [6, 6.07) is 0.495. The zero-order valence-corrected chi connectivity index (χ0v) is 21.0. The second kappa shape index (κ2) is 7.81. The number of anilines is 1. The number of aromatic nitrogens is 5. The van der Waals surface area contributed by atoms with Crippen molar-refractivity contribution in [2.24, 2.45) is 5.92 Å². The molecule has 2 fully saturated rings. The minimum Gasteiger partial charge on any atom is -0.344 e. The number of H-pyrrole nitrogens is 1. The van der Waals surface area contributed by atoms with Crippen LogP contribution in [-0.4, -0.2) is 61.7 Å². The van der Waals surface area contributed by atoms with E-state index in [2.05, 4.69) is 65.7 Å². The van der Waals surface area contributed by atoms with Gasteiger partial charge in [0.1, 0.15) is 16.7 Å². The van der Waals surface area contributed by atoms with Gasteiger partial charge in [-0.15, -0.1) is 0 Å². The molecule has 33 heavy (non-hydrogen) atoms. The minimum absolute atomic E-state index is 0.364. The molecule has 0 spiro atoms. The lowest BCUT2D eigenvalue weighted by Gasteiger charge is -2.39. The van der Waals surface area contributed by atoms with Gasteiger partial charge in [-0.05, 0) is 56.6 Å². The van der Waals surface area contributed by atoms with Crippen molar-refractivity contribution in [2.75, 3.05) is 31.1 Å². The summed E-state index contributed by atoms with van der Waals surface area (Å²) in [6.07, 6.45) is 6.58. The summed E-state index contributed by atoms with van der Waals surface area (Å²) >= 11 is 1.80. The van der Waals surface area contributed by atoms with E-state index in [4.69, 9.17) is 4.98 Å². The molecule has 1 aliphatic heterocycles. The molecule has 4 aromatic heterocycles. The van der Waals surface area contributed by atoms with Gasteiger partial charge in [-0.25, -0.2) is 14.5 Å². The maximum atomic E-state index is 5.22. The summed E-state index contributed by atoms with van der Waals surface area (Å²) in [6.45, 7) is 15.8. The maximum Gasteiger partial charge on any atom is 0.188 e. The Morgan fingerprint density at radius 1 is 1.18 bits per heavy atom. The molecule has 2 aliphatic rings. The number of aryl methyl sites for hydroxylation is 1. The molecule has 8 heteroatoms. The lowest BCUT2D eigenvalue weighted by atomic mass is 9.96. The number of nitrogens with zero attached hydrogens (tertiary/aromatic N) is 6. The third kappa shape index (κ3) is 3.54. The number of fused-ring (bicyclic) bond motifs is 2. The minimum atomic E-state index is 0.364. The number of aromatic amines is 1. The molecule has 174 valence electrons. The fourth-order valence-corrected chi connectivity index (χ4v) is 6.49. The summed E-state index contributed by atoms with van der Waals surface area (Å²) in [5, 5.41) is 5.56. The molecule has 1 aliphatic carbocycles. The highest BCUT2D eigenvalue weighted by atomic mass is 32.1. The van der Waals surface area contributed by atoms with Crippen molar-refractivity contribution in [3.05, 3.63) is 29.2 Å². The number of piperazine rings is 1. The molecule has 5 heterocycles. The molecule has 1 saturated carbocycles. The first-order chi connectivity index (χ1) is 15.9. The molecule has 6 rings (SSSR count). The Morgan fingerprint density at radius 2 is 2.00 bits per heavy atom. The predicted octanol–water partition coefficient (Wildman–Crippen LogP) is 4.99. The second-order valence-electron chi connectivity index (χ2n) is 10.3. The first-order valence-corrected chi connectivity index (χ1v) is 13.0. The highest BCUT2D eigenvalue weighted by Crippen LogP contribution is 2.41. The number of hydrogen-bond acceptors (Lipinski definition) is 6. The summed E-state index contributed by atoms with van der Waals surface area (Å²) < 4.78 is 1.89. The van der Waals surface area contributed by atoms with Gasteiger partial charge in [-0.1, -0.05) is 25.2 Å². The Labute approximate surface area is 198 Å². The van der Waals surface area contributed by atoms with Gasteiger partial charge in [0.05, 0.1) is 5.69 Å². The molecule has 0 unspecified atom stereocenters. The van der Waals surface area contributed by atoms with Crippen LogP contribution in [0.2, 0.25) is 0 Å². The van der Waals surface area contributed by atoms with E-state index in [9.17, 15) is 0 Å². The van der Waals surface area contributed by atoms with E-state index in [0.29, 0.717) is 12.0 Å². The van der Waals surface area contributed by atoms with E-state index in [1.807, 2.05) is 4.52 Å². The third-order valence-corrected chi connectivity index (χ3v) is 8.53. The van der Waals surface area contributed by atoms with Gasteiger partial charge >= 0.3 is 0 Å². The van der Waals surface area contributed by atoms with Crippen LogP contribution in [0.4, 0.5) is 5.13 Å². The van der Waals surface area contributed by atoms with Gasteiger partial charge in [-0.3, -0.25) is 4.90 Å². The van der Waals surface area contributed by atoms with E-state index in [1.165, 1.54) is 52.2 Å². The first-order valence-electron chi connectivity index (χ1n) is 12.2. The Kier molecular flexibility index (Phi) is 4.99. The standard InChI is InChI=1S/C25H33N7S/c1-14(2)20-21(19-12-32-23(26-13-27-32)17(5)16(19)4)28-24-22(20)29-25(33-24)31-9-8-30(10-15(31)3)11-18-6-7-18/h12-15,18,28H,6-11H2,1-5H3/t15-/m1/s1. The van der Waals surface area contributed by atoms with Gasteiger partial charge in [-0.2, -0.15) is 5.10 Å². The van der Waals surface area contributed by atoms with Crippen LogP contribution in [0.3, 0.4) is 0 Å². The highest BCUT2D eigenvalue weighted by molar-refractivity contribution is 7.21. The van der Waals surface area contributed by atoms with E-state index < -0.39 is 0 Å². The summed E-state index contributed by atoms with van der Waals surface area (Å²) in [5.41, 5.74) is 8.12. The van der Waals surface area contributed by atoms with Crippen molar-refractivity contribution >= 4 is 32.5 Å². The van der Waals surface area contributed by atoms with Crippen molar-refractivity contribution in [3.63, 3.8) is 0 Å². The molecule has 1 saturated heterocycles. The fraction of sp³-hybridized carbons (Fsp3) is 0.560. The Balaban J connectivity index is 1.37. The number of hydrogen-bond donors (Lipinski definition) is 1. The monoisotopic (exact) mass is 463 g/mol. The first kappa shape index (κ1) is 21.1. The van der Waals surface area contributed by atoms with E-state index >= 15 is 0 Å². The zero-order chi connectivity index (χ0) is 22.9. The van der Waals surface area contributed by atoms with Gasteiger partial charge in [0.25, 0.3) is 0 Å². The van der Waals surface area contributed by atoms with Crippen molar-refractivity contribution in [2.45, 2.75) is 59.4 Å². The van der Waals surface area contributed by atoms with Gasteiger partial charge in [0, 0.05) is 49.5 Å². The van der Waals surface area contributed by atoms with Crippen LogP contribution in [0, 0.1) is 19.8 Å². The van der Waals surface area contributed by atoms with Gasteiger partial charge in [0.15, 0.2) is 10.8 Å². The van der Waals surface area contributed by atoms with Crippen LogP contribution in [0.1, 0.15) is 56.2 Å². The third-order valence-electron chi connectivity index (χ3n) is 7.52. The van der Waals surface area contributed by atoms with Crippen molar-refractivity contribution in [3.8, 4) is 11.3 Å². The molecular formula is C25H33N7S. The van der Waals surface area contributed by atoms with Crippen LogP contribution in [0.5, 0.6) is 0 Å². The smallest absolute Gasteiger partial charge is 0.188 e. The Hall–Kier alpha value is -2.45. The summed E-state index contributed by atoms with van der Waals surface area (Å²) in [4.78, 5) is 19.7. The zero-order valence-electron chi connectivity index (χ0n) is 20.2. The van der Waals surface area contributed by atoms with Gasteiger partial charge in [0.2, 0.25) is 0 Å². The molecule has 0 aromatic carbocycles. The maximum absolute atomic E-state index is 5.22. The number of pyridine rings is 1. The van der Waals surface area contributed by atoms with E-state index in [-0.39, 0.29) is 0 Å². The summed E-state index contributed by atoms with van der Waals surface area (Å²) in [7, 11) is 0. The van der Waals surface area contributed by atoms with Gasteiger partial charge < -0.3 is 9.88 Å². The fourth-order valence-electron chi connectivity index (χ4n) is 5.38. The Morgan fingerprint density at radius 3 is 2.73 bits per heavy atom. The molecular weight excluding hydrogens is 430 g/mol. The molecule has 0 radical (unpaired) electrons. The quantitative estimate of drug-likeness (QED) is 0.451. The average molecular weight is 464 g/mol. The number of thiazole rings is 1. The second-order valence-corrected chi connectivity index (χ2v) is 11.3.